The molecule has 1 aromatic rings. The molecular weight excluding hydrogens is 216 g/mol. The van der Waals surface area contributed by atoms with Crippen LogP contribution in [0.1, 0.15) is 11.4 Å². The number of primary amides is 1. The number of anilines is 1. The molecule has 82 valence electrons. The van der Waals surface area contributed by atoms with E-state index in [1.165, 1.54) is 0 Å². The summed E-state index contributed by atoms with van der Waals surface area (Å²) in [7, 11) is 1.73. The van der Waals surface area contributed by atoms with Crippen molar-refractivity contribution in [3.8, 4) is 0 Å². The molecule has 1 aromatic heterocycles. The van der Waals surface area contributed by atoms with Crippen molar-refractivity contribution in [1.29, 1.82) is 0 Å². The van der Waals surface area contributed by atoms with Gasteiger partial charge >= 0.3 is 0 Å². The zero-order valence-electron chi connectivity index (χ0n) is 8.91. The lowest BCUT2D eigenvalue weighted by atomic mass is 10.3. The van der Waals surface area contributed by atoms with E-state index < -0.39 is 5.91 Å². The number of carbonyl (C=O) groups is 1. The third kappa shape index (κ3) is 2.79. The molecule has 0 aliphatic heterocycles. The Labute approximate surface area is 93.3 Å². The summed E-state index contributed by atoms with van der Waals surface area (Å²) in [5, 5.41) is 0.397. The second-order valence-corrected chi connectivity index (χ2v) is 3.69. The Morgan fingerprint density at radius 3 is 2.60 bits per heavy atom. The molecule has 0 saturated heterocycles. The first-order chi connectivity index (χ1) is 6.91. The number of nitrogens with two attached hydrogens (primary N) is 1. The number of likely N-dealkylation sites (N-methyl/N-ethyl adjacent to an activating group) is 1. The molecule has 1 heterocycles. The first kappa shape index (κ1) is 11.7. The average molecular weight is 229 g/mol. The molecule has 0 saturated carbocycles. The fourth-order valence-corrected chi connectivity index (χ4v) is 1.47. The van der Waals surface area contributed by atoms with Crippen molar-refractivity contribution in [2.45, 2.75) is 13.8 Å². The molecule has 0 aromatic carbocycles. The highest BCUT2D eigenvalue weighted by Crippen LogP contribution is 2.21. The van der Waals surface area contributed by atoms with Gasteiger partial charge in [0.1, 0.15) is 16.8 Å². The molecule has 5 nitrogen and oxygen atoms in total. The second kappa shape index (κ2) is 4.44. The van der Waals surface area contributed by atoms with Crippen molar-refractivity contribution in [3.63, 3.8) is 0 Å². The minimum atomic E-state index is -0.413. The van der Waals surface area contributed by atoms with E-state index in [-0.39, 0.29) is 6.54 Å². The number of hydrogen-bond acceptors (Lipinski definition) is 4. The topological polar surface area (TPSA) is 72.1 Å². The van der Waals surface area contributed by atoms with Gasteiger partial charge in [0, 0.05) is 12.6 Å². The van der Waals surface area contributed by atoms with Gasteiger partial charge in [0.25, 0.3) is 0 Å². The largest absolute Gasteiger partial charge is 0.368 e. The summed E-state index contributed by atoms with van der Waals surface area (Å²) in [6, 6.07) is 0. The number of aromatic nitrogens is 2. The summed E-state index contributed by atoms with van der Waals surface area (Å²) >= 11 is 5.91. The third-order valence-electron chi connectivity index (χ3n) is 1.93. The lowest BCUT2D eigenvalue weighted by Crippen LogP contribution is -2.31. The van der Waals surface area contributed by atoms with E-state index in [4.69, 9.17) is 17.3 Å². The maximum absolute atomic E-state index is 10.8. The Morgan fingerprint density at radius 2 is 2.07 bits per heavy atom. The van der Waals surface area contributed by atoms with Crippen LogP contribution in [-0.2, 0) is 4.79 Å². The first-order valence-corrected chi connectivity index (χ1v) is 4.79. The van der Waals surface area contributed by atoms with Gasteiger partial charge in [0.2, 0.25) is 5.91 Å². The molecule has 0 bridgehead atoms. The van der Waals surface area contributed by atoms with Gasteiger partial charge in [-0.15, -0.1) is 0 Å². The monoisotopic (exact) mass is 228 g/mol. The van der Waals surface area contributed by atoms with Crippen molar-refractivity contribution in [1.82, 2.24) is 9.97 Å². The minimum absolute atomic E-state index is 0.105. The van der Waals surface area contributed by atoms with Gasteiger partial charge in [0.05, 0.1) is 6.54 Å². The fourth-order valence-electron chi connectivity index (χ4n) is 1.26. The molecule has 0 radical (unpaired) electrons. The molecule has 1 amide bonds. The normalized spacial score (nSPS) is 10.1. The van der Waals surface area contributed by atoms with Crippen LogP contribution in [0.3, 0.4) is 0 Å². The second-order valence-electron chi connectivity index (χ2n) is 3.33. The van der Waals surface area contributed by atoms with Crippen molar-refractivity contribution >= 4 is 23.3 Å². The number of amides is 1. The number of nitrogens with zero attached hydrogens (tertiary/aromatic N) is 3. The van der Waals surface area contributed by atoms with E-state index >= 15 is 0 Å². The van der Waals surface area contributed by atoms with Crippen LogP contribution in [0.2, 0.25) is 5.15 Å². The van der Waals surface area contributed by atoms with Gasteiger partial charge in [-0.05, 0) is 13.8 Å². The molecule has 0 atom stereocenters. The Bertz CT molecular complexity index is 394. The predicted octanol–water partition coefficient (Wildman–Crippen LogP) is 0.668. The SMILES string of the molecule is Cc1nc(Cl)c(C)c(N(C)CC(N)=O)n1. The van der Waals surface area contributed by atoms with Gasteiger partial charge in [-0.1, -0.05) is 11.6 Å². The zero-order chi connectivity index (χ0) is 11.6. The highest BCUT2D eigenvalue weighted by Gasteiger charge is 2.12. The summed E-state index contributed by atoms with van der Waals surface area (Å²) in [6.45, 7) is 3.65. The minimum Gasteiger partial charge on any atom is -0.368 e. The van der Waals surface area contributed by atoms with Crippen LogP contribution < -0.4 is 10.6 Å². The highest BCUT2D eigenvalue weighted by molar-refractivity contribution is 6.30. The molecule has 0 spiro atoms. The van der Waals surface area contributed by atoms with E-state index in [9.17, 15) is 4.79 Å². The van der Waals surface area contributed by atoms with Crippen LogP contribution in [-0.4, -0.2) is 29.5 Å². The molecule has 6 heteroatoms. The van der Waals surface area contributed by atoms with E-state index in [1.54, 1.807) is 25.8 Å². The van der Waals surface area contributed by atoms with Gasteiger partial charge in [-0.25, -0.2) is 9.97 Å². The summed E-state index contributed by atoms with van der Waals surface area (Å²) in [6.07, 6.45) is 0. The maximum atomic E-state index is 10.8. The highest BCUT2D eigenvalue weighted by atomic mass is 35.5. The Kier molecular flexibility index (Phi) is 3.47. The van der Waals surface area contributed by atoms with Crippen LogP contribution in [0.15, 0.2) is 0 Å². The summed E-state index contributed by atoms with van der Waals surface area (Å²) in [4.78, 5) is 20.6. The molecule has 2 N–H and O–H groups in total. The van der Waals surface area contributed by atoms with E-state index in [1.807, 2.05) is 0 Å². The first-order valence-electron chi connectivity index (χ1n) is 4.42. The van der Waals surface area contributed by atoms with Gasteiger partial charge in [-0.2, -0.15) is 0 Å². The van der Waals surface area contributed by atoms with Gasteiger partial charge in [-0.3, -0.25) is 4.79 Å². The molecule has 1 rings (SSSR count). The molecule has 0 unspecified atom stereocenters. The van der Waals surface area contributed by atoms with Crippen LogP contribution in [0.25, 0.3) is 0 Å². The molecule has 15 heavy (non-hydrogen) atoms. The zero-order valence-corrected chi connectivity index (χ0v) is 9.67. The summed E-state index contributed by atoms with van der Waals surface area (Å²) < 4.78 is 0. The quantitative estimate of drug-likeness (QED) is 0.772. The number of rotatable bonds is 3. The Hall–Kier alpha value is -1.36. The average Bonchev–Trinajstić information content (AvgIpc) is 2.09. The lowest BCUT2D eigenvalue weighted by molar-refractivity contribution is -0.116. The number of carbonyl (C=O) groups excluding carboxylic acids is 1. The van der Waals surface area contributed by atoms with Crippen molar-refractivity contribution in [2.75, 3.05) is 18.5 Å². The van der Waals surface area contributed by atoms with E-state index in [0.29, 0.717) is 16.8 Å². The number of aryl methyl sites for hydroxylation is 1. The standard InChI is InChI=1S/C9H13ClN4O/c1-5-8(10)12-6(2)13-9(5)14(3)4-7(11)15/h4H2,1-3H3,(H2,11,15). The number of halogens is 1. The Balaban J connectivity index is 3.07. The van der Waals surface area contributed by atoms with Crippen LogP contribution in [0, 0.1) is 13.8 Å². The molecule has 0 aliphatic carbocycles. The third-order valence-corrected chi connectivity index (χ3v) is 2.30. The Morgan fingerprint density at radius 1 is 1.47 bits per heavy atom. The summed E-state index contributed by atoms with van der Waals surface area (Å²) in [5.74, 6) is 0.785. The molecular formula is C9H13ClN4O. The van der Waals surface area contributed by atoms with Crippen LogP contribution >= 0.6 is 11.6 Å². The van der Waals surface area contributed by atoms with Gasteiger partial charge in [0.15, 0.2) is 0 Å². The molecule has 0 fully saturated rings. The predicted molar refractivity (Wildman–Crippen MR) is 59.0 cm³/mol. The van der Waals surface area contributed by atoms with Crippen molar-refractivity contribution in [2.24, 2.45) is 5.73 Å². The lowest BCUT2D eigenvalue weighted by Gasteiger charge is -2.18. The van der Waals surface area contributed by atoms with Gasteiger partial charge < -0.3 is 10.6 Å². The molecule has 0 aliphatic rings. The van der Waals surface area contributed by atoms with E-state index in [0.717, 1.165) is 5.56 Å². The smallest absolute Gasteiger partial charge is 0.236 e. The van der Waals surface area contributed by atoms with Crippen LogP contribution in [0.5, 0.6) is 0 Å². The summed E-state index contributed by atoms with van der Waals surface area (Å²) in [5.41, 5.74) is 5.84. The van der Waals surface area contributed by atoms with Crippen molar-refractivity contribution in [3.05, 3.63) is 16.5 Å². The van der Waals surface area contributed by atoms with Crippen LogP contribution in [0.4, 0.5) is 5.82 Å². The number of hydrogen-bond donors (Lipinski definition) is 1. The van der Waals surface area contributed by atoms with Crippen molar-refractivity contribution < 1.29 is 4.79 Å². The van der Waals surface area contributed by atoms with E-state index in [2.05, 4.69) is 9.97 Å². The maximum Gasteiger partial charge on any atom is 0.236 e. The fraction of sp³-hybridized carbons (Fsp3) is 0.444.